The summed E-state index contributed by atoms with van der Waals surface area (Å²) in [5.74, 6) is -0.504. The summed E-state index contributed by atoms with van der Waals surface area (Å²) < 4.78 is 4.14. The number of nitrogens with zero attached hydrogens (tertiary/aromatic N) is 3. The van der Waals surface area contributed by atoms with Crippen molar-refractivity contribution >= 4 is 94.0 Å². The number of likely N-dealkylation sites (N-methyl/N-ethyl adjacent to an activating group) is 1. The van der Waals surface area contributed by atoms with Crippen LogP contribution in [0.3, 0.4) is 0 Å². The number of rotatable bonds is 9. The molecule has 3 aromatic carbocycles. The second-order valence-electron chi connectivity index (χ2n) is 9.50. The zero-order valence-corrected chi connectivity index (χ0v) is 26.5. The van der Waals surface area contributed by atoms with E-state index in [1.54, 1.807) is 47.7 Å². The van der Waals surface area contributed by atoms with E-state index in [0.717, 1.165) is 63.1 Å². The SMILES string of the molecule is Br.Br.CCN(CC)CCn1[nH]c2c3ccc(=O)cc3sc3c(NCCN4C(=O)c5ccccc5C4=O)ccc1c32. The summed E-state index contributed by atoms with van der Waals surface area (Å²) in [6.07, 6.45) is 0. The maximum atomic E-state index is 12.8. The molecular weight excluding hydrogens is 658 g/mol. The second-order valence-corrected chi connectivity index (χ2v) is 10.5. The maximum Gasteiger partial charge on any atom is 0.261 e. The quantitative estimate of drug-likeness (QED) is 0.149. The van der Waals surface area contributed by atoms with Gasteiger partial charge in [0.2, 0.25) is 0 Å². The number of anilines is 1. The van der Waals surface area contributed by atoms with Crippen LogP contribution in [0, 0.1) is 0 Å². The molecule has 0 saturated heterocycles. The normalized spacial score (nSPS) is 12.8. The number of halogens is 2. The number of amides is 2. The van der Waals surface area contributed by atoms with Crippen LogP contribution in [-0.4, -0.2) is 64.1 Å². The average molecular weight is 689 g/mol. The first-order chi connectivity index (χ1) is 18.5. The van der Waals surface area contributed by atoms with Crippen LogP contribution in [-0.2, 0) is 6.54 Å². The highest BCUT2D eigenvalue weighted by Gasteiger charge is 2.34. The zero-order chi connectivity index (χ0) is 26.4. The van der Waals surface area contributed by atoms with E-state index in [1.807, 2.05) is 12.1 Å². The van der Waals surface area contributed by atoms with Gasteiger partial charge in [0, 0.05) is 41.2 Å². The van der Waals surface area contributed by atoms with Crippen molar-refractivity contribution in [2.45, 2.75) is 20.4 Å². The van der Waals surface area contributed by atoms with Gasteiger partial charge in [-0.1, -0.05) is 26.0 Å². The molecule has 3 heterocycles. The van der Waals surface area contributed by atoms with Gasteiger partial charge < -0.3 is 10.2 Å². The third kappa shape index (κ3) is 5.11. The Labute approximate surface area is 256 Å². The lowest BCUT2D eigenvalue weighted by Gasteiger charge is -2.18. The van der Waals surface area contributed by atoms with Gasteiger partial charge in [0.15, 0.2) is 5.43 Å². The summed E-state index contributed by atoms with van der Waals surface area (Å²) in [5, 5.41) is 9.21. The van der Waals surface area contributed by atoms with Crippen LogP contribution >= 0.6 is 45.3 Å². The fraction of sp³-hybridized carbons (Fsp3) is 0.276. The van der Waals surface area contributed by atoms with Crippen LogP contribution in [0.4, 0.5) is 5.69 Å². The van der Waals surface area contributed by atoms with Crippen molar-refractivity contribution in [3.8, 4) is 0 Å². The van der Waals surface area contributed by atoms with E-state index < -0.39 is 0 Å². The molecule has 5 aromatic rings. The fourth-order valence-electron chi connectivity index (χ4n) is 5.34. The topological polar surface area (TPSA) is 90.4 Å². The van der Waals surface area contributed by atoms with Crippen molar-refractivity contribution in [1.82, 2.24) is 19.6 Å². The number of imide groups is 1. The molecule has 0 spiro atoms. The third-order valence-corrected chi connectivity index (χ3v) is 8.61. The molecule has 0 aliphatic carbocycles. The Hall–Kier alpha value is -2.99. The number of carbonyl (C=O) groups is 2. The van der Waals surface area contributed by atoms with E-state index >= 15 is 0 Å². The number of aromatic amines is 1. The van der Waals surface area contributed by atoms with Crippen molar-refractivity contribution < 1.29 is 9.59 Å². The van der Waals surface area contributed by atoms with Crippen LogP contribution < -0.4 is 10.7 Å². The molecule has 6 rings (SSSR count). The summed E-state index contributed by atoms with van der Waals surface area (Å²) in [6, 6.07) is 16.3. The molecule has 1 aliphatic heterocycles. The average Bonchev–Trinajstić information content (AvgIpc) is 3.42. The van der Waals surface area contributed by atoms with Crippen LogP contribution in [0.15, 0.2) is 59.4 Å². The Morgan fingerprint density at radius 2 is 1.60 bits per heavy atom. The highest BCUT2D eigenvalue weighted by molar-refractivity contribution is 8.93. The van der Waals surface area contributed by atoms with Gasteiger partial charge in [0.25, 0.3) is 11.8 Å². The molecule has 0 bridgehead atoms. The highest BCUT2D eigenvalue weighted by atomic mass is 79.9. The number of carbonyl (C=O) groups excluding carboxylic acids is 2. The van der Waals surface area contributed by atoms with E-state index in [9.17, 15) is 14.4 Å². The number of H-pyrrole nitrogens is 1. The summed E-state index contributed by atoms with van der Waals surface area (Å²) in [6.45, 7) is 8.78. The predicted octanol–water partition coefficient (Wildman–Crippen LogP) is 5.90. The molecule has 2 N–H and O–H groups in total. The van der Waals surface area contributed by atoms with Gasteiger partial charge in [0.1, 0.15) is 0 Å². The zero-order valence-electron chi connectivity index (χ0n) is 22.2. The van der Waals surface area contributed by atoms with Gasteiger partial charge in [-0.15, -0.1) is 45.3 Å². The molecule has 0 unspecified atom stereocenters. The molecule has 0 fully saturated rings. The Morgan fingerprint density at radius 1 is 0.900 bits per heavy atom. The number of hydrogen-bond donors (Lipinski definition) is 2. The van der Waals surface area contributed by atoms with Crippen molar-refractivity contribution in [3.63, 3.8) is 0 Å². The Kier molecular flexibility index (Phi) is 9.19. The van der Waals surface area contributed by atoms with Crippen molar-refractivity contribution in [2.75, 3.05) is 38.0 Å². The van der Waals surface area contributed by atoms with Crippen LogP contribution in [0.25, 0.3) is 31.2 Å². The maximum absolute atomic E-state index is 12.8. The Morgan fingerprint density at radius 3 is 2.27 bits per heavy atom. The van der Waals surface area contributed by atoms with E-state index in [0.29, 0.717) is 17.7 Å². The van der Waals surface area contributed by atoms with E-state index in [1.165, 1.54) is 4.90 Å². The standard InChI is InChI=1S/C29H29N5O3S.2BrH/c1-3-32(4-2)15-16-34-23-12-11-22(27-25(23)26(31-34)21-10-9-18(35)17-24(21)38-27)30-13-14-33-28(36)19-7-5-6-8-20(19)29(33)37;;/h5-12,17,30-31H,3-4,13-16H2,1-2H3;2*1H. The second kappa shape index (κ2) is 12.3. The minimum atomic E-state index is -0.252. The number of aromatic nitrogens is 2. The predicted molar refractivity (Wildman–Crippen MR) is 174 cm³/mol. The minimum Gasteiger partial charge on any atom is -0.382 e. The van der Waals surface area contributed by atoms with Gasteiger partial charge in [0.05, 0.1) is 39.1 Å². The van der Waals surface area contributed by atoms with E-state index in [4.69, 9.17) is 0 Å². The smallest absolute Gasteiger partial charge is 0.261 e. The molecule has 11 heteroatoms. The van der Waals surface area contributed by atoms with Gasteiger partial charge >= 0.3 is 0 Å². The van der Waals surface area contributed by atoms with Gasteiger partial charge in [-0.3, -0.25) is 29.1 Å². The molecule has 40 heavy (non-hydrogen) atoms. The van der Waals surface area contributed by atoms with Gasteiger partial charge in [-0.25, -0.2) is 0 Å². The van der Waals surface area contributed by atoms with E-state index in [-0.39, 0.29) is 57.8 Å². The molecule has 8 nitrogen and oxygen atoms in total. The molecule has 210 valence electrons. The molecule has 0 atom stereocenters. The lowest BCUT2D eigenvalue weighted by atomic mass is 10.1. The van der Waals surface area contributed by atoms with Crippen molar-refractivity contribution in [1.29, 1.82) is 0 Å². The monoisotopic (exact) mass is 687 g/mol. The summed E-state index contributed by atoms with van der Waals surface area (Å²) in [4.78, 5) is 41.4. The van der Waals surface area contributed by atoms with Crippen LogP contribution in [0.2, 0.25) is 0 Å². The first-order valence-electron chi connectivity index (χ1n) is 13.0. The largest absolute Gasteiger partial charge is 0.382 e. The summed E-state index contributed by atoms with van der Waals surface area (Å²) in [7, 11) is 0. The molecule has 0 saturated carbocycles. The number of benzene rings is 3. The molecule has 2 aromatic heterocycles. The first kappa shape index (κ1) is 30.0. The molecule has 0 radical (unpaired) electrons. The molecule has 1 aliphatic rings. The minimum absolute atomic E-state index is 0. The lowest BCUT2D eigenvalue weighted by molar-refractivity contribution is 0.0660. The Balaban J connectivity index is 0.00000185. The number of hydrogen-bond acceptors (Lipinski definition) is 6. The molecular formula is C29H31Br2N5O3S. The van der Waals surface area contributed by atoms with Gasteiger partial charge in [-0.2, -0.15) is 0 Å². The van der Waals surface area contributed by atoms with Crippen molar-refractivity contribution in [3.05, 3.63) is 75.9 Å². The van der Waals surface area contributed by atoms with Crippen molar-refractivity contribution in [2.24, 2.45) is 0 Å². The third-order valence-electron chi connectivity index (χ3n) is 7.42. The first-order valence-corrected chi connectivity index (χ1v) is 13.8. The van der Waals surface area contributed by atoms with Crippen LogP contribution in [0.1, 0.15) is 34.6 Å². The number of fused-ring (bicyclic) bond motifs is 3. The highest BCUT2D eigenvalue weighted by Crippen LogP contribution is 2.40. The Bertz CT molecular complexity index is 1740. The summed E-state index contributed by atoms with van der Waals surface area (Å²) in [5.41, 5.74) is 3.93. The van der Waals surface area contributed by atoms with E-state index in [2.05, 4.69) is 39.9 Å². The lowest BCUT2D eigenvalue weighted by Crippen LogP contribution is -2.34. The molecule has 2 amide bonds. The number of nitrogens with one attached hydrogen (secondary N) is 2. The fourth-order valence-corrected chi connectivity index (χ4v) is 6.57. The van der Waals surface area contributed by atoms with Gasteiger partial charge in [-0.05, 0) is 49.5 Å². The van der Waals surface area contributed by atoms with Crippen LogP contribution in [0.5, 0.6) is 0 Å². The summed E-state index contributed by atoms with van der Waals surface area (Å²) >= 11 is 1.58.